The van der Waals surface area contributed by atoms with Gasteiger partial charge in [-0.15, -0.1) is 12.4 Å². The predicted molar refractivity (Wildman–Crippen MR) is 78.0 cm³/mol. The first-order chi connectivity index (χ1) is 8.75. The smallest absolute Gasteiger partial charge is 0.269 e. The van der Waals surface area contributed by atoms with Gasteiger partial charge in [0, 0.05) is 31.8 Å². The molecule has 1 heterocycles. The minimum atomic E-state index is -0.357. The molecule has 0 unspecified atom stereocenters. The van der Waals surface area contributed by atoms with Gasteiger partial charge in [-0.1, -0.05) is 12.1 Å². The molecule has 1 N–H and O–H groups in total. The predicted octanol–water partition coefficient (Wildman–Crippen LogP) is 1.85. The highest BCUT2D eigenvalue weighted by atomic mass is 35.5. The summed E-state index contributed by atoms with van der Waals surface area (Å²) in [5.41, 5.74) is 1.33. The zero-order chi connectivity index (χ0) is 12.8. The quantitative estimate of drug-likeness (QED) is 0.678. The number of benzene rings is 1. The minimum Gasteiger partial charge on any atom is -0.315 e. The van der Waals surface area contributed by atoms with Crippen molar-refractivity contribution in [2.24, 2.45) is 0 Å². The Morgan fingerprint density at radius 3 is 2.63 bits per heavy atom. The number of nitro benzene ring substituents is 1. The molecule has 5 nitrogen and oxygen atoms in total. The fraction of sp³-hybridized carbons (Fsp3) is 0.538. The van der Waals surface area contributed by atoms with Crippen molar-refractivity contribution in [2.75, 3.05) is 32.7 Å². The van der Waals surface area contributed by atoms with Crippen LogP contribution in [0.4, 0.5) is 5.69 Å². The largest absolute Gasteiger partial charge is 0.315 e. The van der Waals surface area contributed by atoms with Crippen LogP contribution in [0.25, 0.3) is 0 Å². The van der Waals surface area contributed by atoms with Gasteiger partial charge in [0.15, 0.2) is 0 Å². The first-order valence-corrected chi connectivity index (χ1v) is 6.42. The fourth-order valence-electron chi connectivity index (χ4n) is 2.20. The highest BCUT2D eigenvalue weighted by Gasteiger charge is 2.09. The van der Waals surface area contributed by atoms with Crippen LogP contribution in [0.2, 0.25) is 0 Å². The molecule has 0 radical (unpaired) electrons. The maximum absolute atomic E-state index is 10.5. The van der Waals surface area contributed by atoms with Gasteiger partial charge in [0.25, 0.3) is 5.69 Å². The monoisotopic (exact) mass is 285 g/mol. The average molecular weight is 286 g/mol. The highest BCUT2D eigenvalue weighted by molar-refractivity contribution is 5.85. The molecule has 1 aliphatic rings. The van der Waals surface area contributed by atoms with E-state index in [1.165, 1.54) is 6.42 Å². The summed E-state index contributed by atoms with van der Waals surface area (Å²) in [4.78, 5) is 12.6. The second-order valence-corrected chi connectivity index (χ2v) is 4.62. The third kappa shape index (κ3) is 5.14. The van der Waals surface area contributed by atoms with E-state index in [0.29, 0.717) is 0 Å². The van der Waals surface area contributed by atoms with E-state index in [2.05, 4.69) is 10.2 Å². The van der Waals surface area contributed by atoms with Crippen molar-refractivity contribution < 1.29 is 4.92 Å². The van der Waals surface area contributed by atoms with E-state index in [0.717, 1.165) is 44.7 Å². The Bertz CT molecular complexity index is 389. The molecule has 0 saturated carbocycles. The maximum atomic E-state index is 10.5. The molecule has 0 aromatic heterocycles. The summed E-state index contributed by atoms with van der Waals surface area (Å²) in [7, 11) is 0. The van der Waals surface area contributed by atoms with E-state index in [1.54, 1.807) is 12.1 Å². The van der Waals surface area contributed by atoms with Crippen LogP contribution in [-0.4, -0.2) is 42.5 Å². The van der Waals surface area contributed by atoms with Crippen molar-refractivity contribution in [3.8, 4) is 0 Å². The Balaban J connectivity index is 0.00000180. The number of rotatable bonds is 4. The van der Waals surface area contributed by atoms with Crippen LogP contribution in [0.5, 0.6) is 0 Å². The molecule has 19 heavy (non-hydrogen) atoms. The molecular weight excluding hydrogens is 266 g/mol. The van der Waals surface area contributed by atoms with E-state index < -0.39 is 0 Å². The van der Waals surface area contributed by atoms with E-state index in [9.17, 15) is 10.1 Å². The first kappa shape index (κ1) is 15.9. The summed E-state index contributed by atoms with van der Waals surface area (Å²) < 4.78 is 0. The third-order valence-electron chi connectivity index (χ3n) is 3.30. The van der Waals surface area contributed by atoms with Crippen molar-refractivity contribution in [1.82, 2.24) is 10.2 Å². The van der Waals surface area contributed by atoms with Crippen LogP contribution in [0, 0.1) is 10.1 Å². The van der Waals surface area contributed by atoms with Gasteiger partial charge in [0.05, 0.1) is 4.92 Å². The molecule has 0 aliphatic carbocycles. The number of nitrogens with zero attached hydrogens (tertiary/aromatic N) is 2. The van der Waals surface area contributed by atoms with Gasteiger partial charge in [-0.2, -0.15) is 0 Å². The number of halogens is 1. The Labute approximate surface area is 119 Å². The normalized spacial score (nSPS) is 16.4. The lowest BCUT2D eigenvalue weighted by Crippen LogP contribution is -2.30. The van der Waals surface area contributed by atoms with Gasteiger partial charge in [0.2, 0.25) is 0 Å². The van der Waals surface area contributed by atoms with E-state index in [4.69, 9.17) is 0 Å². The molecule has 1 fully saturated rings. The van der Waals surface area contributed by atoms with Crippen LogP contribution in [0.3, 0.4) is 0 Å². The van der Waals surface area contributed by atoms with E-state index in [-0.39, 0.29) is 23.0 Å². The van der Waals surface area contributed by atoms with Gasteiger partial charge in [-0.3, -0.25) is 10.1 Å². The van der Waals surface area contributed by atoms with Crippen molar-refractivity contribution in [3.05, 3.63) is 39.9 Å². The summed E-state index contributed by atoms with van der Waals surface area (Å²) in [6.45, 7) is 5.42. The molecule has 6 heteroatoms. The molecule has 0 spiro atoms. The lowest BCUT2D eigenvalue weighted by molar-refractivity contribution is -0.384. The van der Waals surface area contributed by atoms with Crippen LogP contribution in [-0.2, 0) is 6.42 Å². The van der Waals surface area contributed by atoms with E-state index in [1.807, 2.05) is 12.1 Å². The van der Waals surface area contributed by atoms with Gasteiger partial charge >= 0.3 is 0 Å². The van der Waals surface area contributed by atoms with Crippen LogP contribution in [0.15, 0.2) is 24.3 Å². The molecule has 0 amide bonds. The van der Waals surface area contributed by atoms with Crippen molar-refractivity contribution in [2.45, 2.75) is 12.8 Å². The standard InChI is InChI=1S/C13H19N3O2.ClH/c17-16(18)13-4-2-12(3-5-13)6-10-15-9-1-7-14-8-11-15;/h2-5,14H,1,6-11H2;1H. The minimum absolute atomic E-state index is 0. The molecule has 106 valence electrons. The van der Waals surface area contributed by atoms with Gasteiger partial charge in [0.1, 0.15) is 0 Å². The fourth-order valence-corrected chi connectivity index (χ4v) is 2.20. The average Bonchev–Trinajstić information content (AvgIpc) is 2.65. The topological polar surface area (TPSA) is 58.4 Å². The number of nitro groups is 1. The van der Waals surface area contributed by atoms with E-state index >= 15 is 0 Å². The first-order valence-electron chi connectivity index (χ1n) is 6.42. The number of nitrogens with one attached hydrogen (secondary N) is 1. The molecule has 1 aliphatic heterocycles. The molecule has 1 aromatic carbocycles. The summed E-state index contributed by atoms with van der Waals surface area (Å²) in [6, 6.07) is 6.88. The second-order valence-electron chi connectivity index (χ2n) is 4.62. The highest BCUT2D eigenvalue weighted by Crippen LogP contribution is 2.12. The SMILES string of the molecule is Cl.O=[N+]([O-])c1ccc(CCN2CCCNCC2)cc1. The van der Waals surface area contributed by atoms with Crippen LogP contribution >= 0.6 is 12.4 Å². The van der Waals surface area contributed by atoms with Crippen LogP contribution < -0.4 is 5.32 Å². The van der Waals surface area contributed by atoms with Gasteiger partial charge in [-0.25, -0.2) is 0 Å². The van der Waals surface area contributed by atoms with Gasteiger partial charge in [-0.05, 0) is 31.5 Å². The van der Waals surface area contributed by atoms with Gasteiger partial charge < -0.3 is 10.2 Å². The molecule has 2 rings (SSSR count). The summed E-state index contributed by atoms with van der Waals surface area (Å²) in [5, 5.41) is 13.9. The molecule has 0 atom stereocenters. The Morgan fingerprint density at radius 1 is 1.21 bits per heavy atom. The zero-order valence-electron chi connectivity index (χ0n) is 10.9. The van der Waals surface area contributed by atoms with Crippen molar-refractivity contribution in [1.29, 1.82) is 0 Å². The summed E-state index contributed by atoms with van der Waals surface area (Å²) >= 11 is 0. The lowest BCUT2D eigenvalue weighted by atomic mass is 10.1. The maximum Gasteiger partial charge on any atom is 0.269 e. The van der Waals surface area contributed by atoms with Crippen LogP contribution in [0.1, 0.15) is 12.0 Å². The number of hydrogen-bond acceptors (Lipinski definition) is 4. The zero-order valence-corrected chi connectivity index (χ0v) is 11.7. The molecule has 1 aromatic rings. The molecule has 1 saturated heterocycles. The third-order valence-corrected chi connectivity index (χ3v) is 3.30. The number of hydrogen-bond donors (Lipinski definition) is 1. The Morgan fingerprint density at radius 2 is 1.95 bits per heavy atom. The molecule has 0 bridgehead atoms. The molecular formula is C13H20ClN3O2. The summed E-state index contributed by atoms with van der Waals surface area (Å²) in [5.74, 6) is 0. The van der Waals surface area contributed by atoms with Crippen molar-refractivity contribution in [3.63, 3.8) is 0 Å². The second kappa shape index (κ2) is 8.09. The Hall–Kier alpha value is -1.17. The lowest BCUT2D eigenvalue weighted by Gasteiger charge is -2.19. The Kier molecular flexibility index (Phi) is 6.77. The summed E-state index contributed by atoms with van der Waals surface area (Å²) in [6.07, 6.45) is 2.15. The number of non-ortho nitro benzene ring substituents is 1. The van der Waals surface area contributed by atoms with Crippen molar-refractivity contribution >= 4 is 18.1 Å².